The van der Waals surface area contributed by atoms with E-state index in [1.807, 2.05) is 29.9 Å². The number of benzene rings is 2. The molecule has 8 nitrogen and oxygen atoms in total. The molecule has 1 aliphatic heterocycles. The lowest BCUT2D eigenvalue weighted by molar-refractivity contribution is 0.00546. The molecule has 10 heteroatoms. The average molecular weight is 558 g/mol. The topological polar surface area (TPSA) is 86.0 Å². The molecular weight excluding hydrogens is 517 g/mol. The zero-order valence-electron chi connectivity index (χ0n) is 23.6. The molecule has 1 aliphatic rings. The summed E-state index contributed by atoms with van der Waals surface area (Å²) >= 11 is 0. The Bertz CT molecular complexity index is 1270. The van der Waals surface area contributed by atoms with Gasteiger partial charge in [-0.05, 0) is 55.6 Å². The molecule has 4 rings (SSSR count). The van der Waals surface area contributed by atoms with Crippen molar-refractivity contribution in [2.75, 3.05) is 33.4 Å². The highest BCUT2D eigenvalue weighted by Gasteiger charge is 2.38. The lowest BCUT2D eigenvalue weighted by Gasteiger charge is -2.41. The van der Waals surface area contributed by atoms with Crippen molar-refractivity contribution in [3.8, 4) is 5.75 Å². The molecule has 0 aliphatic carbocycles. The number of rotatable bonds is 11. The van der Waals surface area contributed by atoms with Crippen LogP contribution in [0.15, 0.2) is 42.6 Å². The van der Waals surface area contributed by atoms with Crippen LogP contribution in [0.3, 0.4) is 0 Å². The summed E-state index contributed by atoms with van der Waals surface area (Å²) in [4.78, 5) is 13.0. The highest BCUT2D eigenvalue weighted by atomic mass is 28.3. The van der Waals surface area contributed by atoms with Gasteiger partial charge in [0.1, 0.15) is 18.3 Å². The summed E-state index contributed by atoms with van der Waals surface area (Å²) in [5, 5.41) is 15.2. The third-order valence-corrected chi connectivity index (χ3v) is 9.31. The Morgan fingerprint density at radius 3 is 2.49 bits per heavy atom. The molecule has 2 aromatic carbocycles. The molecular formula is C29H40FN3O5Si. The normalized spacial score (nSPS) is 16.4. The fraction of sp³-hybridized carbons (Fsp3) is 0.517. The molecule has 39 heavy (non-hydrogen) atoms. The van der Waals surface area contributed by atoms with Crippen molar-refractivity contribution in [3.05, 3.63) is 59.5 Å². The number of aromatic nitrogens is 2. The zero-order valence-corrected chi connectivity index (χ0v) is 24.6. The number of fused-ring (bicyclic) bond motifs is 1. The van der Waals surface area contributed by atoms with Crippen molar-refractivity contribution in [1.29, 1.82) is 0 Å². The number of carbonyl (C=O) groups is 1. The van der Waals surface area contributed by atoms with Crippen LogP contribution in [0, 0.1) is 5.82 Å². The van der Waals surface area contributed by atoms with Gasteiger partial charge in [-0.1, -0.05) is 31.8 Å². The van der Waals surface area contributed by atoms with Crippen LogP contribution in [0.5, 0.6) is 5.75 Å². The van der Waals surface area contributed by atoms with Gasteiger partial charge in [-0.15, -0.1) is 0 Å². The van der Waals surface area contributed by atoms with E-state index >= 15 is 0 Å². The second kappa shape index (κ2) is 12.1. The number of amides is 1. The van der Waals surface area contributed by atoms with Gasteiger partial charge in [0.15, 0.2) is 0 Å². The smallest absolute Gasteiger partial charge is 0.407 e. The van der Waals surface area contributed by atoms with Crippen LogP contribution in [0.2, 0.25) is 25.7 Å². The molecule has 1 atom stereocenters. The molecule has 3 aromatic rings. The zero-order chi connectivity index (χ0) is 28.2. The summed E-state index contributed by atoms with van der Waals surface area (Å²) in [6.07, 6.45) is 1.91. The van der Waals surface area contributed by atoms with E-state index in [1.54, 1.807) is 19.2 Å². The van der Waals surface area contributed by atoms with Crippen molar-refractivity contribution in [3.63, 3.8) is 0 Å². The Kier molecular flexibility index (Phi) is 8.98. The number of ether oxygens (including phenoxy) is 3. The molecule has 0 spiro atoms. The van der Waals surface area contributed by atoms with Crippen LogP contribution in [0.1, 0.15) is 37.0 Å². The first kappa shape index (κ1) is 29.0. The van der Waals surface area contributed by atoms with E-state index in [4.69, 9.17) is 19.3 Å². The Hall–Kier alpha value is -2.95. The molecule has 212 valence electrons. The molecule has 2 heterocycles. The van der Waals surface area contributed by atoms with Crippen LogP contribution < -0.4 is 4.74 Å². The summed E-state index contributed by atoms with van der Waals surface area (Å²) in [5.41, 5.74) is 2.27. The number of hydrogen-bond acceptors (Lipinski definition) is 5. The maximum Gasteiger partial charge on any atom is 0.407 e. The minimum Gasteiger partial charge on any atom is -0.497 e. The summed E-state index contributed by atoms with van der Waals surface area (Å²) in [7, 11) is 0.471. The Labute approximate surface area is 230 Å². The van der Waals surface area contributed by atoms with Crippen molar-refractivity contribution >= 4 is 25.1 Å². The van der Waals surface area contributed by atoms with Gasteiger partial charge in [0.2, 0.25) is 0 Å². The largest absolute Gasteiger partial charge is 0.497 e. The first-order valence-electron chi connectivity index (χ1n) is 13.5. The maximum atomic E-state index is 13.7. The Balaban J connectivity index is 1.53. The summed E-state index contributed by atoms with van der Waals surface area (Å²) in [6, 6.07) is 11.5. The SMILES string of the molecule is COc1cc(C(C)OCC2(c3ccc(F)cc3)CCN(C(=O)O)CC2)c2nn(COCC[Si](C)(C)C)cc2c1. The first-order chi connectivity index (χ1) is 18.5. The monoisotopic (exact) mass is 557 g/mol. The molecule has 0 saturated carbocycles. The average Bonchev–Trinajstić information content (AvgIpc) is 3.32. The van der Waals surface area contributed by atoms with E-state index in [1.165, 1.54) is 17.0 Å². The van der Waals surface area contributed by atoms with E-state index in [2.05, 4.69) is 19.6 Å². The summed E-state index contributed by atoms with van der Waals surface area (Å²) < 4.78 is 33.5. The van der Waals surface area contributed by atoms with Crippen LogP contribution >= 0.6 is 0 Å². The predicted molar refractivity (Wildman–Crippen MR) is 152 cm³/mol. The van der Waals surface area contributed by atoms with Gasteiger partial charge in [-0.2, -0.15) is 5.10 Å². The van der Waals surface area contributed by atoms with Gasteiger partial charge in [-0.3, -0.25) is 0 Å². The van der Waals surface area contributed by atoms with Crippen molar-refractivity contribution in [1.82, 2.24) is 14.7 Å². The number of halogens is 1. The minimum absolute atomic E-state index is 0.301. The number of nitrogens with zero attached hydrogens (tertiary/aromatic N) is 3. The van der Waals surface area contributed by atoms with Gasteiger partial charge in [-0.25, -0.2) is 13.9 Å². The lowest BCUT2D eigenvalue weighted by Crippen LogP contribution is -2.47. The van der Waals surface area contributed by atoms with E-state index < -0.39 is 19.6 Å². The molecule has 1 aromatic heterocycles. The van der Waals surface area contributed by atoms with Gasteiger partial charge < -0.3 is 24.2 Å². The van der Waals surface area contributed by atoms with Gasteiger partial charge in [0.05, 0.1) is 25.3 Å². The Morgan fingerprint density at radius 1 is 1.18 bits per heavy atom. The second-order valence-corrected chi connectivity index (χ2v) is 17.3. The summed E-state index contributed by atoms with van der Waals surface area (Å²) in [6.45, 7) is 11.2. The van der Waals surface area contributed by atoms with Crippen LogP contribution in [0.25, 0.3) is 10.9 Å². The van der Waals surface area contributed by atoms with Crippen molar-refractivity contribution in [2.24, 2.45) is 0 Å². The van der Waals surface area contributed by atoms with E-state index in [0.717, 1.165) is 33.8 Å². The highest BCUT2D eigenvalue weighted by Crippen LogP contribution is 2.38. The van der Waals surface area contributed by atoms with Crippen LogP contribution in [-0.4, -0.2) is 67.4 Å². The third-order valence-electron chi connectivity index (χ3n) is 7.61. The molecule has 0 radical (unpaired) electrons. The predicted octanol–water partition coefficient (Wildman–Crippen LogP) is 6.29. The highest BCUT2D eigenvalue weighted by molar-refractivity contribution is 6.76. The number of piperidine rings is 1. The van der Waals surface area contributed by atoms with Gasteiger partial charge in [0.25, 0.3) is 0 Å². The molecule has 1 N–H and O–H groups in total. The van der Waals surface area contributed by atoms with E-state index in [9.17, 15) is 14.3 Å². The van der Waals surface area contributed by atoms with Gasteiger partial charge >= 0.3 is 6.09 Å². The standard InChI is InChI=1S/C29H40FN3O5Si/c1-21(38-19-29(23-6-8-24(30)9-7-23)10-12-32(13-11-29)28(34)35)26-17-25(36-2)16-22-18-33(31-27(22)26)20-37-14-15-39(3,4)5/h6-9,16-18,21H,10-15,19-20H2,1-5H3,(H,34,35). The minimum atomic E-state index is -1.17. The fourth-order valence-corrected chi connectivity index (χ4v) is 5.79. The first-order valence-corrected chi connectivity index (χ1v) is 17.2. The molecule has 1 unspecified atom stereocenters. The van der Waals surface area contributed by atoms with Gasteiger partial charge in [0, 0.05) is 50.3 Å². The van der Waals surface area contributed by atoms with Crippen LogP contribution in [0.4, 0.5) is 9.18 Å². The lowest BCUT2D eigenvalue weighted by atomic mass is 9.73. The molecule has 0 bridgehead atoms. The summed E-state index contributed by atoms with van der Waals surface area (Å²) in [5.74, 6) is 0.417. The third kappa shape index (κ3) is 7.17. The molecule has 1 saturated heterocycles. The number of likely N-dealkylation sites (tertiary alicyclic amines) is 1. The maximum absolute atomic E-state index is 13.7. The Morgan fingerprint density at radius 2 is 1.87 bits per heavy atom. The second-order valence-electron chi connectivity index (χ2n) is 11.7. The van der Waals surface area contributed by atoms with E-state index in [0.29, 0.717) is 45.9 Å². The molecule has 1 amide bonds. The number of methoxy groups -OCH3 is 1. The quantitative estimate of drug-likeness (QED) is 0.220. The number of carboxylic acid groups (broad SMARTS) is 1. The molecule has 1 fully saturated rings. The van der Waals surface area contributed by atoms with Crippen LogP contribution in [-0.2, 0) is 21.6 Å². The fourth-order valence-electron chi connectivity index (χ4n) is 5.03. The van der Waals surface area contributed by atoms with Crippen molar-refractivity contribution in [2.45, 2.75) is 63.7 Å². The number of hydrogen-bond donors (Lipinski definition) is 1. The van der Waals surface area contributed by atoms with Crippen molar-refractivity contribution < 1.29 is 28.5 Å². The van der Waals surface area contributed by atoms with E-state index in [-0.39, 0.29) is 11.9 Å².